The summed E-state index contributed by atoms with van der Waals surface area (Å²) < 4.78 is 10.5. The summed E-state index contributed by atoms with van der Waals surface area (Å²) in [6.07, 6.45) is 0. The largest absolute Gasteiger partial charge is 0.506 e. The molecule has 0 aliphatic carbocycles. The number of para-hydroxylation sites is 3. The predicted octanol–water partition coefficient (Wildman–Crippen LogP) is 2.54. The van der Waals surface area contributed by atoms with Gasteiger partial charge >= 0.3 is 0 Å². The van der Waals surface area contributed by atoms with Gasteiger partial charge in [-0.3, -0.25) is 10.1 Å². The second-order valence-electron chi connectivity index (χ2n) is 4.76. The predicted molar refractivity (Wildman–Crippen MR) is 95.6 cm³/mol. The van der Waals surface area contributed by atoms with Crippen LogP contribution in [0.4, 0.5) is 5.69 Å². The third kappa shape index (κ3) is 4.94. The Morgan fingerprint density at radius 1 is 1.12 bits per heavy atom. The topological polar surface area (TPSA) is 79.8 Å². The fourth-order valence-electron chi connectivity index (χ4n) is 1.92. The Morgan fingerprint density at radius 3 is 2.58 bits per heavy atom. The normalized spacial score (nSPS) is 10.0. The van der Waals surface area contributed by atoms with Crippen LogP contribution >= 0.6 is 12.2 Å². The van der Waals surface area contributed by atoms with Crippen LogP contribution in [0, 0.1) is 0 Å². The summed E-state index contributed by atoms with van der Waals surface area (Å²) in [4.78, 5) is 12.4. The van der Waals surface area contributed by atoms with Crippen LogP contribution in [0.15, 0.2) is 48.5 Å². The van der Waals surface area contributed by atoms with Crippen molar-refractivity contribution in [2.45, 2.75) is 0 Å². The van der Waals surface area contributed by atoms with Crippen LogP contribution < -0.4 is 15.4 Å². The van der Waals surface area contributed by atoms with E-state index in [0.29, 0.717) is 30.2 Å². The number of anilines is 1. The summed E-state index contributed by atoms with van der Waals surface area (Å²) in [5, 5.41) is 15.1. The lowest BCUT2D eigenvalue weighted by Gasteiger charge is -2.13. The number of ether oxygens (including phenoxy) is 2. The van der Waals surface area contributed by atoms with Crippen molar-refractivity contribution in [3.05, 3.63) is 54.1 Å². The quantitative estimate of drug-likeness (QED) is 0.424. The maximum absolute atomic E-state index is 12.4. The molecule has 0 aromatic heterocycles. The van der Waals surface area contributed by atoms with Crippen molar-refractivity contribution in [2.24, 2.45) is 0 Å². The molecule has 0 saturated heterocycles. The minimum Gasteiger partial charge on any atom is -0.506 e. The first-order valence-corrected chi connectivity index (χ1v) is 7.63. The van der Waals surface area contributed by atoms with E-state index in [-0.39, 0.29) is 10.9 Å². The van der Waals surface area contributed by atoms with Crippen LogP contribution in [0.2, 0.25) is 0 Å². The molecule has 126 valence electrons. The van der Waals surface area contributed by atoms with Crippen LogP contribution in [0.25, 0.3) is 0 Å². The van der Waals surface area contributed by atoms with Gasteiger partial charge in [-0.2, -0.15) is 0 Å². The average molecular weight is 346 g/mol. The smallest absolute Gasteiger partial charge is 0.261 e. The zero-order valence-electron chi connectivity index (χ0n) is 13.1. The van der Waals surface area contributed by atoms with Gasteiger partial charge in [0.25, 0.3) is 5.91 Å². The Morgan fingerprint density at radius 2 is 1.83 bits per heavy atom. The average Bonchev–Trinajstić information content (AvgIpc) is 2.57. The van der Waals surface area contributed by atoms with Gasteiger partial charge in [0, 0.05) is 7.11 Å². The highest BCUT2D eigenvalue weighted by Gasteiger charge is 2.14. The van der Waals surface area contributed by atoms with Crippen LogP contribution in [-0.2, 0) is 4.74 Å². The minimum atomic E-state index is -0.407. The number of thiocarbonyl (C=S) groups is 1. The molecule has 2 aromatic carbocycles. The molecule has 24 heavy (non-hydrogen) atoms. The van der Waals surface area contributed by atoms with Gasteiger partial charge < -0.3 is 19.9 Å². The molecule has 0 bridgehead atoms. The summed E-state index contributed by atoms with van der Waals surface area (Å²) in [6.45, 7) is 0.755. The van der Waals surface area contributed by atoms with Crippen molar-refractivity contribution in [1.29, 1.82) is 0 Å². The fraction of sp³-hybridized carbons (Fsp3) is 0.176. The highest BCUT2D eigenvalue weighted by Crippen LogP contribution is 2.21. The number of nitrogens with one attached hydrogen (secondary N) is 2. The second kappa shape index (κ2) is 8.85. The van der Waals surface area contributed by atoms with Gasteiger partial charge in [-0.1, -0.05) is 24.3 Å². The summed E-state index contributed by atoms with van der Waals surface area (Å²) in [6, 6.07) is 13.4. The van der Waals surface area contributed by atoms with E-state index in [2.05, 4.69) is 10.6 Å². The maximum atomic E-state index is 12.4. The van der Waals surface area contributed by atoms with Crippen LogP contribution in [0.3, 0.4) is 0 Å². The first-order valence-electron chi connectivity index (χ1n) is 7.23. The zero-order valence-corrected chi connectivity index (χ0v) is 13.9. The number of benzene rings is 2. The molecule has 2 aromatic rings. The fourth-order valence-corrected chi connectivity index (χ4v) is 2.12. The van der Waals surface area contributed by atoms with E-state index >= 15 is 0 Å². The van der Waals surface area contributed by atoms with Gasteiger partial charge in [0.2, 0.25) is 0 Å². The van der Waals surface area contributed by atoms with Gasteiger partial charge in [0.1, 0.15) is 18.1 Å². The molecule has 0 spiro atoms. The first kappa shape index (κ1) is 17.7. The number of amides is 1. The third-order valence-electron chi connectivity index (χ3n) is 3.06. The molecule has 0 aliphatic heterocycles. The number of hydrogen-bond acceptors (Lipinski definition) is 5. The summed E-state index contributed by atoms with van der Waals surface area (Å²) >= 11 is 5.11. The van der Waals surface area contributed by atoms with Crippen LogP contribution in [-0.4, -0.2) is 36.4 Å². The molecule has 0 fully saturated rings. The second-order valence-corrected chi connectivity index (χ2v) is 5.17. The van der Waals surface area contributed by atoms with Gasteiger partial charge in [-0.15, -0.1) is 0 Å². The lowest BCUT2D eigenvalue weighted by Crippen LogP contribution is -2.34. The van der Waals surface area contributed by atoms with Crippen LogP contribution in [0.5, 0.6) is 11.5 Å². The molecule has 0 atom stereocenters. The summed E-state index contributed by atoms with van der Waals surface area (Å²) in [7, 11) is 1.57. The number of phenolic OH excluding ortho intramolecular Hbond substituents is 1. The number of aromatic hydroxyl groups is 1. The molecule has 6 nitrogen and oxygen atoms in total. The lowest BCUT2D eigenvalue weighted by molar-refractivity contribution is 0.0970. The highest BCUT2D eigenvalue weighted by molar-refractivity contribution is 7.80. The lowest BCUT2D eigenvalue weighted by atomic mass is 10.2. The van der Waals surface area contributed by atoms with Crippen molar-refractivity contribution < 1.29 is 19.4 Å². The minimum absolute atomic E-state index is 0.0393. The van der Waals surface area contributed by atoms with E-state index in [1.807, 2.05) is 0 Å². The first-order chi connectivity index (χ1) is 11.6. The molecular formula is C17H18N2O4S. The number of hydrogen-bond donors (Lipinski definition) is 3. The molecular weight excluding hydrogens is 328 g/mol. The Bertz CT molecular complexity index is 721. The SMILES string of the molecule is COCCOc1ccccc1C(=O)NC(=S)Nc1ccccc1O. The van der Waals surface area contributed by atoms with Gasteiger partial charge in [-0.25, -0.2) is 0 Å². The molecule has 7 heteroatoms. The van der Waals surface area contributed by atoms with E-state index in [0.717, 1.165) is 0 Å². The Kier molecular flexibility index (Phi) is 6.53. The molecule has 0 radical (unpaired) electrons. The highest BCUT2D eigenvalue weighted by atomic mass is 32.1. The number of methoxy groups -OCH3 is 1. The van der Waals surface area contributed by atoms with E-state index in [1.165, 1.54) is 6.07 Å². The van der Waals surface area contributed by atoms with Crippen molar-refractivity contribution in [1.82, 2.24) is 5.32 Å². The van der Waals surface area contributed by atoms with Crippen molar-refractivity contribution in [2.75, 3.05) is 25.6 Å². The standard InChI is InChI=1S/C17H18N2O4S/c1-22-10-11-23-15-9-5-2-6-12(15)16(21)19-17(24)18-13-7-3-4-8-14(13)20/h2-9,20H,10-11H2,1H3,(H2,18,19,21,24). The van der Waals surface area contributed by atoms with Gasteiger partial charge in [-0.05, 0) is 36.5 Å². The number of phenols is 1. The van der Waals surface area contributed by atoms with E-state index in [1.54, 1.807) is 49.6 Å². The zero-order chi connectivity index (χ0) is 17.4. The van der Waals surface area contributed by atoms with Gasteiger partial charge in [0.05, 0.1) is 17.9 Å². The third-order valence-corrected chi connectivity index (χ3v) is 3.26. The Hall–Kier alpha value is -2.64. The van der Waals surface area contributed by atoms with E-state index < -0.39 is 5.91 Å². The summed E-state index contributed by atoms with van der Waals surface area (Å²) in [5.74, 6) is 0.0748. The van der Waals surface area contributed by atoms with Crippen molar-refractivity contribution in [3.8, 4) is 11.5 Å². The van der Waals surface area contributed by atoms with E-state index in [4.69, 9.17) is 21.7 Å². The Balaban J connectivity index is 2.01. The van der Waals surface area contributed by atoms with Crippen LogP contribution in [0.1, 0.15) is 10.4 Å². The molecule has 0 unspecified atom stereocenters. The monoisotopic (exact) mass is 346 g/mol. The molecule has 0 aliphatic rings. The van der Waals surface area contributed by atoms with Crippen molar-refractivity contribution >= 4 is 28.9 Å². The Labute approximate surface area is 145 Å². The number of rotatable bonds is 6. The number of carbonyl (C=O) groups excluding carboxylic acids is 1. The molecule has 3 N–H and O–H groups in total. The van der Waals surface area contributed by atoms with Crippen molar-refractivity contribution in [3.63, 3.8) is 0 Å². The molecule has 0 heterocycles. The number of carbonyl (C=O) groups is 1. The molecule has 2 rings (SSSR count). The van der Waals surface area contributed by atoms with E-state index in [9.17, 15) is 9.90 Å². The summed E-state index contributed by atoms with van der Waals surface area (Å²) in [5.41, 5.74) is 0.766. The van der Waals surface area contributed by atoms with Gasteiger partial charge in [0.15, 0.2) is 5.11 Å². The molecule has 0 saturated carbocycles. The maximum Gasteiger partial charge on any atom is 0.261 e. The molecule has 1 amide bonds.